The molecule has 1 N–H and O–H groups in total. The van der Waals surface area contributed by atoms with Crippen molar-refractivity contribution in [1.82, 2.24) is 4.31 Å². The van der Waals surface area contributed by atoms with Crippen LogP contribution in [0, 0.1) is 10.1 Å². The van der Waals surface area contributed by atoms with Gasteiger partial charge in [-0.3, -0.25) is 10.1 Å². The van der Waals surface area contributed by atoms with Crippen LogP contribution < -0.4 is 0 Å². The van der Waals surface area contributed by atoms with Crippen molar-refractivity contribution < 1.29 is 18.4 Å². The minimum absolute atomic E-state index is 0.115. The van der Waals surface area contributed by atoms with E-state index in [-0.39, 0.29) is 24.1 Å². The molecule has 2 rings (SSSR count). The Labute approximate surface area is 123 Å². The van der Waals surface area contributed by atoms with Crippen molar-refractivity contribution in [3.05, 3.63) is 34.4 Å². The van der Waals surface area contributed by atoms with E-state index in [0.717, 1.165) is 19.3 Å². The summed E-state index contributed by atoms with van der Waals surface area (Å²) in [5.74, 6) is 0. The fourth-order valence-corrected chi connectivity index (χ4v) is 4.24. The highest BCUT2D eigenvalue weighted by atomic mass is 32.2. The molecule has 8 heteroatoms. The molecule has 1 aromatic rings. The van der Waals surface area contributed by atoms with Crippen LogP contribution in [0.2, 0.25) is 0 Å². The molecule has 1 saturated carbocycles. The van der Waals surface area contributed by atoms with E-state index in [1.807, 2.05) is 0 Å². The zero-order valence-electron chi connectivity index (χ0n) is 11.5. The monoisotopic (exact) mass is 314 g/mol. The smallest absolute Gasteiger partial charge is 0.289 e. The van der Waals surface area contributed by atoms with Gasteiger partial charge in [-0.15, -0.1) is 0 Å². The number of aliphatic hydroxyl groups excluding tert-OH is 1. The highest BCUT2D eigenvalue weighted by Gasteiger charge is 2.37. The number of hydrogen-bond acceptors (Lipinski definition) is 5. The summed E-state index contributed by atoms with van der Waals surface area (Å²) in [5.41, 5.74) is -0.411. The molecule has 0 aromatic heterocycles. The van der Waals surface area contributed by atoms with Gasteiger partial charge < -0.3 is 5.11 Å². The second kappa shape index (κ2) is 6.50. The maximum Gasteiger partial charge on any atom is 0.289 e. The van der Waals surface area contributed by atoms with Crippen LogP contribution in [0.5, 0.6) is 0 Å². The molecule has 0 aliphatic heterocycles. The van der Waals surface area contributed by atoms with Crippen LogP contribution in [-0.4, -0.2) is 41.9 Å². The van der Waals surface area contributed by atoms with Crippen LogP contribution in [0.15, 0.2) is 29.2 Å². The number of para-hydroxylation sites is 1. The molecule has 1 aliphatic rings. The van der Waals surface area contributed by atoms with Gasteiger partial charge >= 0.3 is 0 Å². The Balaban J connectivity index is 2.40. The van der Waals surface area contributed by atoms with E-state index in [1.165, 1.54) is 28.6 Å². The molecule has 1 aromatic carbocycles. The molecule has 0 bridgehead atoms. The predicted molar refractivity (Wildman–Crippen MR) is 76.3 cm³/mol. The van der Waals surface area contributed by atoms with Gasteiger partial charge in [0.2, 0.25) is 10.0 Å². The SMILES string of the molecule is O=[N+]([O-])c1ccccc1S(=O)(=O)N(CCCO)C1CCC1. The molecule has 0 radical (unpaired) electrons. The zero-order valence-corrected chi connectivity index (χ0v) is 12.3. The number of nitro benzene ring substituents is 1. The molecule has 7 nitrogen and oxygen atoms in total. The van der Waals surface area contributed by atoms with Gasteiger partial charge in [-0.25, -0.2) is 8.42 Å². The lowest BCUT2D eigenvalue weighted by atomic mass is 9.93. The van der Waals surface area contributed by atoms with Gasteiger partial charge in [-0.05, 0) is 25.3 Å². The number of benzene rings is 1. The van der Waals surface area contributed by atoms with Crippen LogP contribution in [0.25, 0.3) is 0 Å². The summed E-state index contributed by atoms with van der Waals surface area (Å²) < 4.78 is 26.8. The van der Waals surface area contributed by atoms with E-state index in [4.69, 9.17) is 5.11 Å². The zero-order chi connectivity index (χ0) is 15.5. The van der Waals surface area contributed by atoms with E-state index in [0.29, 0.717) is 6.42 Å². The lowest BCUT2D eigenvalue weighted by Gasteiger charge is -2.36. The topological polar surface area (TPSA) is 101 Å². The predicted octanol–water partition coefficient (Wildman–Crippen LogP) is 1.52. The van der Waals surface area contributed by atoms with E-state index >= 15 is 0 Å². The third-order valence-electron chi connectivity index (χ3n) is 3.67. The average Bonchev–Trinajstić information content (AvgIpc) is 2.41. The van der Waals surface area contributed by atoms with Crippen molar-refractivity contribution >= 4 is 15.7 Å². The second-order valence-corrected chi connectivity index (χ2v) is 6.86. The van der Waals surface area contributed by atoms with Gasteiger partial charge in [-0.1, -0.05) is 18.6 Å². The number of nitro groups is 1. The Hall–Kier alpha value is -1.51. The number of rotatable bonds is 7. The molecule has 0 saturated heterocycles. The van der Waals surface area contributed by atoms with Crippen molar-refractivity contribution in [2.24, 2.45) is 0 Å². The van der Waals surface area contributed by atoms with Crippen molar-refractivity contribution in [2.75, 3.05) is 13.2 Å². The third-order valence-corrected chi connectivity index (χ3v) is 5.67. The summed E-state index contributed by atoms with van der Waals surface area (Å²) in [6, 6.07) is 5.25. The first-order valence-electron chi connectivity index (χ1n) is 6.84. The van der Waals surface area contributed by atoms with Crippen molar-refractivity contribution in [3.63, 3.8) is 0 Å². The van der Waals surface area contributed by atoms with Crippen LogP contribution in [0.3, 0.4) is 0 Å². The summed E-state index contributed by atoms with van der Waals surface area (Å²) in [6.07, 6.45) is 2.78. The van der Waals surface area contributed by atoms with Crippen molar-refractivity contribution in [1.29, 1.82) is 0 Å². The molecule has 0 spiro atoms. The Morgan fingerprint density at radius 3 is 2.52 bits per heavy atom. The van der Waals surface area contributed by atoms with E-state index in [9.17, 15) is 18.5 Å². The Bertz CT molecular complexity index is 613. The first-order chi connectivity index (χ1) is 9.98. The fraction of sp³-hybridized carbons (Fsp3) is 0.538. The summed E-state index contributed by atoms with van der Waals surface area (Å²) >= 11 is 0. The largest absolute Gasteiger partial charge is 0.396 e. The van der Waals surface area contributed by atoms with Gasteiger partial charge in [0.05, 0.1) is 4.92 Å². The Kier molecular flexibility index (Phi) is 4.92. The fourth-order valence-electron chi connectivity index (χ4n) is 2.35. The number of sulfonamides is 1. The molecule has 21 heavy (non-hydrogen) atoms. The third kappa shape index (κ3) is 3.22. The van der Waals surface area contributed by atoms with Gasteiger partial charge in [0.25, 0.3) is 5.69 Å². The average molecular weight is 314 g/mol. The van der Waals surface area contributed by atoms with Gasteiger partial charge in [0.15, 0.2) is 4.90 Å². The van der Waals surface area contributed by atoms with Crippen molar-refractivity contribution in [3.8, 4) is 0 Å². The van der Waals surface area contributed by atoms with Gasteiger partial charge in [0.1, 0.15) is 0 Å². The lowest BCUT2D eigenvalue weighted by Crippen LogP contribution is -2.45. The number of hydrogen-bond donors (Lipinski definition) is 1. The van der Waals surface area contributed by atoms with Crippen LogP contribution in [-0.2, 0) is 10.0 Å². The van der Waals surface area contributed by atoms with Crippen LogP contribution in [0.4, 0.5) is 5.69 Å². The molecule has 0 heterocycles. The lowest BCUT2D eigenvalue weighted by molar-refractivity contribution is -0.387. The quantitative estimate of drug-likeness (QED) is 0.607. The Morgan fingerprint density at radius 2 is 2.00 bits per heavy atom. The molecular weight excluding hydrogens is 296 g/mol. The minimum atomic E-state index is -3.93. The molecule has 1 fully saturated rings. The first kappa shape index (κ1) is 15.9. The maximum absolute atomic E-state index is 12.7. The van der Waals surface area contributed by atoms with Crippen LogP contribution in [0.1, 0.15) is 25.7 Å². The normalized spacial score (nSPS) is 15.9. The van der Waals surface area contributed by atoms with Gasteiger partial charge in [-0.2, -0.15) is 4.31 Å². The highest BCUT2D eigenvalue weighted by molar-refractivity contribution is 7.89. The summed E-state index contributed by atoms with van der Waals surface area (Å²) in [6.45, 7) is 0.0607. The number of nitrogens with zero attached hydrogens (tertiary/aromatic N) is 2. The molecule has 0 atom stereocenters. The summed E-state index contributed by atoms with van der Waals surface area (Å²) in [5, 5.41) is 20.0. The molecule has 116 valence electrons. The summed E-state index contributed by atoms with van der Waals surface area (Å²) in [7, 11) is -3.93. The molecular formula is C13H18N2O5S. The standard InChI is InChI=1S/C13H18N2O5S/c16-10-4-9-14(11-5-3-6-11)21(19,20)13-8-2-1-7-12(13)15(17)18/h1-2,7-8,11,16H,3-6,9-10H2. The van der Waals surface area contributed by atoms with Gasteiger partial charge in [0, 0.05) is 25.3 Å². The van der Waals surface area contributed by atoms with E-state index in [1.54, 1.807) is 0 Å². The summed E-state index contributed by atoms with van der Waals surface area (Å²) in [4.78, 5) is 10.1. The Morgan fingerprint density at radius 1 is 1.33 bits per heavy atom. The van der Waals surface area contributed by atoms with Crippen molar-refractivity contribution in [2.45, 2.75) is 36.6 Å². The minimum Gasteiger partial charge on any atom is -0.396 e. The maximum atomic E-state index is 12.7. The second-order valence-electron chi connectivity index (χ2n) is 5.00. The van der Waals surface area contributed by atoms with Crippen LogP contribution >= 0.6 is 0 Å². The molecule has 0 amide bonds. The molecule has 0 unspecified atom stereocenters. The van der Waals surface area contributed by atoms with E-state index in [2.05, 4.69) is 0 Å². The molecule has 1 aliphatic carbocycles. The highest BCUT2D eigenvalue weighted by Crippen LogP contribution is 2.33. The van der Waals surface area contributed by atoms with E-state index < -0.39 is 20.6 Å². The first-order valence-corrected chi connectivity index (χ1v) is 8.28. The number of aliphatic hydroxyl groups is 1.